The van der Waals surface area contributed by atoms with Crippen LogP contribution in [-0.4, -0.2) is 49.1 Å². The molecular weight excluding hydrogens is 529 g/mol. The number of hydrogen-bond acceptors (Lipinski definition) is 5. The number of nitrogens with one attached hydrogen (secondary N) is 2. The number of likely N-dealkylation sites (tertiary alicyclic amines) is 1. The van der Waals surface area contributed by atoms with Gasteiger partial charge in [0.15, 0.2) is 5.96 Å². The highest BCUT2D eigenvalue weighted by Crippen LogP contribution is 2.26. The Morgan fingerprint density at radius 3 is 2.61 bits per heavy atom. The minimum Gasteiger partial charge on any atom is -0.496 e. The lowest BCUT2D eigenvalue weighted by atomic mass is 9.97. The molecule has 1 atom stereocenters. The van der Waals surface area contributed by atoms with E-state index in [0.717, 1.165) is 80.2 Å². The number of guanidine groups is 1. The number of aromatic nitrogens is 1. The van der Waals surface area contributed by atoms with Crippen molar-refractivity contribution < 1.29 is 9.15 Å². The van der Waals surface area contributed by atoms with Crippen molar-refractivity contribution >= 4 is 29.9 Å². The van der Waals surface area contributed by atoms with Crippen LogP contribution in [0, 0.1) is 26.7 Å². The number of halogens is 1. The summed E-state index contributed by atoms with van der Waals surface area (Å²) in [4.78, 5) is 11.9. The van der Waals surface area contributed by atoms with Crippen LogP contribution < -0.4 is 15.4 Å². The van der Waals surface area contributed by atoms with Crippen molar-refractivity contribution in [1.29, 1.82) is 0 Å². The third kappa shape index (κ3) is 7.88. The van der Waals surface area contributed by atoms with E-state index in [1.54, 1.807) is 7.11 Å². The van der Waals surface area contributed by atoms with Crippen molar-refractivity contribution in [2.75, 3.05) is 33.3 Å². The smallest absolute Gasteiger partial charge is 0.208 e. The third-order valence-electron chi connectivity index (χ3n) is 6.20. The average Bonchev–Trinajstić information content (AvgIpc) is 3.09. The summed E-state index contributed by atoms with van der Waals surface area (Å²) >= 11 is 0. The molecule has 3 rings (SSSR count). The second-order valence-corrected chi connectivity index (χ2v) is 8.80. The Morgan fingerprint density at radius 1 is 1.27 bits per heavy atom. The summed E-state index contributed by atoms with van der Waals surface area (Å²) in [7, 11) is 1.72. The van der Waals surface area contributed by atoms with Crippen molar-refractivity contribution in [3.05, 3.63) is 46.7 Å². The van der Waals surface area contributed by atoms with Gasteiger partial charge in [-0.3, -0.25) is 9.89 Å². The number of oxazole rings is 1. The number of hydrogen-bond donors (Lipinski definition) is 2. The zero-order chi connectivity index (χ0) is 23.1. The number of nitrogens with zero attached hydrogens (tertiary/aromatic N) is 3. The van der Waals surface area contributed by atoms with Gasteiger partial charge in [0.25, 0.3) is 0 Å². The van der Waals surface area contributed by atoms with Crippen molar-refractivity contribution in [2.24, 2.45) is 10.9 Å². The van der Waals surface area contributed by atoms with Gasteiger partial charge in [-0.2, -0.15) is 0 Å². The Labute approximate surface area is 215 Å². The van der Waals surface area contributed by atoms with Gasteiger partial charge in [0.2, 0.25) is 5.89 Å². The number of aliphatic imine (C=N–C) groups is 1. The van der Waals surface area contributed by atoms with Gasteiger partial charge in [-0.25, -0.2) is 4.98 Å². The molecule has 0 amide bonds. The molecule has 33 heavy (non-hydrogen) atoms. The first kappa shape index (κ1) is 27.4. The van der Waals surface area contributed by atoms with Crippen LogP contribution in [0.3, 0.4) is 0 Å². The highest BCUT2D eigenvalue weighted by atomic mass is 127. The van der Waals surface area contributed by atoms with Crippen LogP contribution in [0.2, 0.25) is 0 Å². The zero-order valence-corrected chi connectivity index (χ0v) is 23.2. The lowest BCUT2D eigenvalue weighted by Crippen LogP contribution is -2.40. The van der Waals surface area contributed by atoms with Crippen LogP contribution in [0.15, 0.2) is 27.6 Å². The molecule has 2 heterocycles. The largest absolute Gasteiger partial charge is 0.496 e. The van der Waals surface area contributed by atoms with Crippen LogP contribution in [0.25, 0.3) is 0 Å². The highest BCUT2D eigenvalue weighted by molar-refractivity contribution is 14.0. The van der Waals surface area contributed by atoms with Crippen molar-refractivity contribution in [1.82, 2.24) is 20.5 Å². The number of aryl methyl sites for hydroxylation is 3. The lowest BCUT2D eigenvalue weighted by molar-refractivity contribution is 0.166. The summed E-state index contributed by atoms with van der Waals surface area (Å²) in [6.07, 6.45) is 2.28. The predicted molar refractivity (Wildman–Crippen MR) is 145 cm³/mol. The van der Waals surface area contributed by atoms with E-state index in [9.17, 15) is 0 Å². The molecule has 2 aromatic rings. The molecular formula is C25H40IN5O2. The van der Waals surface area contributed by atoms with E-state index < -0.39 is 0 Å². The Kier molecular flexibility index (Phi) is 11.0. The van der Waals surface area contributed by atoms with Crippen molar-refractivity contribution in [3.8, 4) is 5.75 Å². The van der Waals surface area contributed by atoms with Gasteiger partial charge >= 0.3 is 0 Å². The maximum atomic E-state index is 5.75. The molecule has 0 radical (unpaired) electrons. The standard InChI is InChI=1S/C25H39N5O2.HI/c1-7-26-25(29-19(4)22-14-17(2)8-9-23(22)31-6)27-15-21-10-12-30(13-11-21)16-24-28-18(3)20(5)32-24;/h8-9,14,19,21H,7,10-13,15-16H2,1-6H3,(H2,26,27,29);1H. The first-order chi connectivity index (χ1) is 15.4. The Balaban J connectivity index is 0.00000385. The van der Waals surface area contributed by atoms with Gasteiger partial charge in [0.05, 0.1) is 25.4 Å². The molecule has 2 N–H and O–H groups in total. The van der Waals surface area contributed by atoms with Gasteiger partial charge in [-0.15, -0.1) is 24.0 Å². The summed E-state index contributed by atoms with van der Waals surface area (Å²) in [5, 5.41) is 6.94. The minimum atomic E-state index is 0. The number of benzene rings is 1. The second-order valence-electron chi connectivity index (χ2n) is 8.80. The molecule has 184 valence electrons. The molecule has 8 heteroatoms. The Hall–Kier alpha value is -1.81. The topological polar surface area (TPSA) is 74.9 Å². The van der Waals surface area contributed by atoms with Gasteiger partial charge in [-0.1, -0.05) is 17.7 Å². The molecule has 1 saturated heterocycles. The summed E-state index contributed by atoms with van der Waals surface area (Å²) in [5.74, 6) is 4.10. The Morgan fingerprint density at radius 2 is 2.00 bits per heavy atom. The molecule has 0 bridgehead atoms. The van der Waals surface area contributed by atoms with Crippen molar-refractivity contribution in [3.63, 3.8) is 0 Å². The normalized spacial score (nSPS) is 16.2. The van der Waals surface area contributed by atoms with E-state index in [2.05, 4.69) is 53.4 Å². The van der Waals surface area contributed by atoms with Gasteiger partial charge < -0.3 is 19.8 Å². The highest BCUT2D eigenvalue weighted by Gasteiger charge is 2.21. The molecule has 1 aromatic heterocycles. The third-order valence-corrected chi connectivity index (χ3v) is 6.20. The van der Waals surface area contributed by atoms with Crippen LogP contribution in [0.4, 0.5) is 0 Å². The first-order valence-corrected chi connectivity index (χ1v) is 11.7. The maximum Gasteiger partial charge on any atom is 0.208 e. The minimum absolute atomic E-state index is 0. The van der Waals surface area contributed by atoms with E-state index in [1.165, 1.54) is 5.56 Å². The van der Waals surface area contributed by atoms with Gasteiger partial charge in [0.1, 0.15) is 11.5 Å². The molecule has 1 aliphatic rings. The lowest BCUT2D eigenvalue weighted by Gasteiger charge is -2.30. The monoisotopic (exact) mass is 569 g/mol. The number of ether oxygens (including phenoxy) is 1. The molecule has 7 nitrogen and oxygen atoms in total. The SMILES string of the molecule is CCNC(=NCC1CCN(Cc2nc(C)c(C)o2)CC1)NC(C)c1cc(C)ccc1OC.I. The number of rotatable bonds is 8. The van der Waals surface area contributed by atoms with Gasteiger partial charge in [0, 0.05) is 18.7 Å². The number of methoxy groups -OCH3 is 1. The van der Waals surface area contributed by atoms with Crippen LogP contribution in [-0.2, 0) is 6.54 Å². The fraction of sp³-hybridized carbons (Fsp3) is 0.600. The van der Waals surface area contributed by atoms with Crippen LogP contribution in [0.1, 0.15) is 61.2 Å². The second kappa shape index (κ2) is 13.2. The summed E-state index contributed by atoms with van der Waals surface area (Å²) < 4.78 is 11.3. The molecule has 0 saturated carbocycles. The molecule has 0 aliphatic carbocycles. The Bertz CT molecular complexity index is 887. The van der Waals surface area contributed by atoms with E-state index in [0.29, 0.717) is 5.92 Å². The zero-order valence-electron chi connectivity index (χ0n) is 20.9. The number of piperidine rings is 1. The quantitative estimate of drug-likeness (QED) is 0.272. The molecule has 1 aliphatic heterocycles. The predicted octanol–water partition coefficient (Wildman–Crippen LogP) is 4.75. The molecule has 1 unspecified atom stereocenters. The molecule has 1 aromatic carbocycles. The molecule has 0 spiro atoms. The van der Waals surface area contributed by atoms with Crippen LogP contribution >= 0.6 is 24.0 Å². The van der Waals surface area contributed by atoms with Gasteiger partial charge in [-0.05, 0) is 72.5 Å². The maximum absolute atomic E-state index is 5.75. The summed E-state index contributed by atoms with van der Waals surface area (Å²) in [5.41, 5.74) is 3.35. The summed E-state index contributed by atoms with van der Waals surface area (Å²) in [6, 6.07) is 6.37. The van der Waals surface area contributed by atoms with E-state index in [1.807, 2.05) is 19.9 Å². The van der Waals surface area contributed by atoms with E-state index in [4.69, 9.17) is 14.1 Å². The fourth-order valence-electron chi connectivity index (χ4n) is 4.14. The van der Waals surface area contributed by atoms with Crippen LogP contribution in [0.5, 0.6) is 5.75 Å². The average molecular weight is 570 g/mol. The van der Waals surface area contributed by atoms with E-state index >= 15 is 0 Å². The van der Waals surface area contributed by atoms with E-state index in [-0.39, 0.29) is 30.0 Å². The van der Waals surface area contributed by atoms with Crippen molar-refractivity contribution in [2.45, 2.75) is 60.0 Å². The molecule has 1 fully saturated rings. The summed E-state index contributed by atoms with van der Waals surface area (Å²) in [6.45, 7) is 14.9. The first-order valence-electron chi connectivity index (χ1n) is 11.7. The fourth-order valence-corrected chi connectivity index (χ4v) is 4.14.